The second kappa shape index (κ2) is 11.4. The minimum atomic E-state index is -1.27. The molecule has 0 amide bonds. The molecule has 4 rings (SSSR count). The molecule has 0 aromatic carbocycles. The Morgan fingerprint density at radius 3 is 2.63 bits per heavy atom. The highest BCUT2D eigenvalue weighted by Crippen LogP contribution is 2.46. The molecule has 2 N–H and O–H groups in total. The molecule has 7 nitrogen and oxygen atoms in total. The first-order valence-electron chi connectivity index (χ1n) is 13.5. The van der Waals surface area contributed by atoms with Crippen LogP contribution in [0.2, 0.25) is 0 Å². The standard InChI is InChI=1S/C28H44O7/c1-15-9-11-20-17(3)10-12-21(22(20)13-15)16(2)7-6-8-18(4)27-32-14-23-24(30)26(33-19(5)29)25(31)28(34-23)35-27/h10,13,16,18,20-28,30-31H,6-9,11-12,14H2,1-5H3/t16?,18-,20-,21+,22-,23?,24-,25?,26?,27+,28+/m1/s1. The first-order chi connectivity index (χ1) is 16.7. The highest BCUT2D eigenvalue weighted by atomic mass is 16.8. The minimum absolute atomic E-state index is 0.0970. The average molecular weight is 493 g/mol. The number of esters is 1. The third-order valence-electron chi connectivity index (χ3n) is 8.73. The zero-order valence-corrected chi connectivity index (χ0v) is 21.9. The number of carbonyl (C=O) groups excluding carboxylic acids is 1. The summed E-state index contributed by atoms with van der Waals surface area (Å²) in [7, 11) is 0. The second-order valence-electron chi connectivity index (χ2n) is 11.4. The van der Waals surface area contributed by atoms with E-state index in [4.69, 9.17) is 18.9 Å². The summed E-state index contributed by atoms with van der Waals surface area (Å²) < 4.78 is 22.8. The van der Waals surface area contributed by atoms with Crippen molar-refractivity contribution in [3.05, 3.63) is 23.3 Å². The number of aliphatic hydroxyl groups is 2. The Balaban J connectivity index is 1.30. The maximum Gasteiger partial charge on any atom is 0.303 e. The van der Waals surface area contributed by atoms with Crippen molar-refractivity contribution >= 4 is 5.97 Å². The van der Waals surface area contributed by atoms with E-state index < -0.39 is 43.0 Å². The molecule has 2 aliphatic heterocycles. The summed E-state index contributed by atoms with van der Waals surface area (Å²) in [6, 6.07) is 0. The normalized spacial score (nSPS) is 41.1. The molecule has 2 bridgehead atoms. The van der Waals surface area contributed by atoms with Crippen LogP contribution in [0.3, 0.4) is 0 Å². The molecule has 0 aromatic rings. The summed E-state index contributed by atoms with van der Waals surface area (Å²) in [5.41, 5.74) is 3.12. The molecule has 7 heteroatoms. The summed E-state index contributed by atoms with van der Waals surface area (Å²) in [4.78, 5) is 11.4. The predicted molar refractivity (Wildman–Crippen MR) is 131 cm³/mol. The third kappa shape index (κ3) is 6.02. The highest BCUT2D eigenvalue weighted by Gasteiger charge is 2.50. The van der Waals surface area contributed by atoms with Gasteiger partial charge in [0, 0.05) is 12.8 Å². The van der Waals surface area contributed by atoms with E-state index in [-0.39, 0.29) is 12.5 Å². The van der Waals surface area contributed by atoms with E-state index in [0.29, 0.717) is 23.7 Å². The lowest BCUT2D eigenvalue weighted by molar-refractivity contribution is -0.306. The topological polar surface area (TPSA) is 94.5 Å². The fourth-order valence-electron chi connectivity index (χ4n) is 6.55. The van der Waals surface area contributed by atoms with Gasteiger partial charge in [-0.15, -0.1) is 0 Å². The summed E-state index contributed by atoms with van der Waals surface area (Å²) in [5.74, 6) is 2.25. The van der Waals surface area contributed by atoms with Gasteiger partial charge in [-0.3, -0.25) is 4.79 Å². The fourth-order valence-corrected chi connectivity index (χ4v) is 6.55. The van der Waals surface area contributed by atoms with Crippen LogP contribution in [-0.4, -0.2) is 59.8 Å². The average Bonchev–Trinajstić information content (AvgIpc) is 3.02. The maximum absolute atomic E-state index is 11.4. The van der Waals surface area contributed by atoms with Crippen molar-refractivity contribution in [3.63, 3.8) is 0 Å². The van der Waals surface area contributed by atoms with Gasteiger partial charge in [-0.05, 0) is 63.2 Å². The van der Waals surface area contributed by atoms with E-state index in [1.165, 1.54) is 26.2 Å². The lowest BCUT2D eigenvalue weighted by Crippen LogP contribution is -2.59. The molecule has 0 saturated carbocycles. The van der Waals surface area contributed by atoms with Gasteiger partial charge in [0.2, 0.25) is 0 Å². The number of fused-ring (bicyclic) bond motifs is 3. The SMILES string of the molecule is CC(=O)OC1C(O)[C@H]2OC(CO[C@H]([C@H](C)CCCC(C)[C@@H]3CC=C(C)[C@H]4CCC(C)=C[C@H]43)O2)[C@H]1O. The van der Waals surface area contributed by atoms with Crippen molar-refractivity contribution < 1.29 is 34.0 Å². The molecule has 2 fully saturated rings. The molecule has 2 aliphatic carbocycles. The van der Waals surface area contributed by atoms with E-state index in [1.54, 1.807) is 11.1 Å². The Kier molecular flexibility index (Phi) is 8.75. The van der Waals surface area contributed by atoms with Crippen molar-refractivity contribution in [1.82, 2.24) is 0 Å². The van der Waals surface area contributed by atoms with Gasteiger partial charge in [0.05, 0.1) is 6.61 Å². The number of aliphatic hydroxyl groups excluding tert-OH is 2. The van der Waals surface area contributed by atoms with Crippen molar-refractivity contribution in [2.45, 2.75) is 110 Å². The Morgan fingerprint density at radius 2 is 1.89 bits per heavy atom. The number of ether oxygens (including phenoxy) is 4. The maximum atomic E-state index is 11.4. The van der Waals surface area contributed by atoms with Crippen LogP contribution in [-0.2, 0) is 23.7 Å². The fraction of sp³-hybridized carbons (Fsp3) is 0.821. The van der Waals surface area contributed by atoms with Crippen LogP contribution in [0.15, 0.2) is 23.3 Å². The van der Waals surface area contributed by atoms with Gasteiger partial charge in [0.15, 0.2) is 18.7 Å². The van der Waals surface area contributed by atoms with Crippen LogP contribution in [0.4, 0.5) is 0 Å². The molecule has 2 saturated heterocycles. The number of hydrogen-bond donors (Lipinski definition) is 2. The largest absolute Gasteiger partial charge is 0.457 e. The van der Waals surface area contributed by atoms with Gasteiger partial charge in [-0.2, -0.15) is 0 Å². The van der Waals surface area contributed by atoms with Crippen LogP contribution in [0.5, 0.6) is 0 Å². The van der Waals surface area contributed by atoms with Crippen LogP contribution < -0.4 is 0 Å². The van der Waals surface area contributed by atoms with Gasteiger partial charge in [-0.25, -0.2) is 0 Å². The summed E-state index contributed by atoms with van der Waals surface area (Å²) in [6.07, 6.45) is 6.08. The first-order valence-corrected chi connectivity index (χ1v) is 13.5. The lowest BCUT2D eigenvalue weighted by Gasteiger charge is -2.42. The van der Waals surface area contributed by atoms with Gasteiger partial charge in [0.25, 0.3) is 0 Å². The number of hydrogen-bond acceptors (Lipinski definition) is 7. The van der Waals surface area contributed by atoms with Gasteiger partial charge in [0.1, 0.15) is 18.3 Å². The molecule has 0 radical (unpaired) electrons. The molecule has 0 aromatic heterocycles. The quantitative estimate of drug-likeness (QED) is 0.408. The highest BCUT2D eigenvalue weighted by molar-refractivity contribution is 5.66. The second-order valence-corrected chi connectivity index (χ2v) is 11.4. The third-order valence-corrected chi connectivity index (χ3v) is 8.73. The van der Waals surface area contributed by atoms with Crippen LogP contribution in [0, 0.1) is 29.6 Å². The molecular weight excluding hydrogens is 448 g/mol. The zero-order valence-electron chi connectivity index (χ0n) is 21.9. The van der Waals surface area contributed by atoms with Crippen molar-refractivity contribution in [1.29, 1.82) is 0 Å². The van der Waals surface area contributed by atoms with Gasteiger partial charge in [-0.1, -0.05) is 50.0 Å². The summed E-state index contributed by atoms with van der Waals surface area (Å²) >= 11 is 0. The predicted octanol–water partition coefficient (Wildman–Crippen LogP) is 4.12. The molecule has 4 aliphatic rings. The lowest BCUT2D eigenvalue weighted by atomic mass is 9.63. The van der Waals surface area contributed by atoms with E-state index >= 15 is 0 Å². The molecule has 198 valence electrons. The Bertz CT molecular complexity index is 807. The Morgan fingerprint density at radius 1 is 1.14 bits per heavy atom. The summed E-state index contributed by atoms with van der Waals surface area (Å²) in [6.45, 7) is 10.5. The van der Waals surface area contributed by atoms with Gasteiger partial charge < -0.3 is 29.2 Å². The number of carbonyl (C=O) groups is 1. The van der Waals surface area contributed by atoms with Crippen LogP contribution >= 0.6 is 0 Å². The van der Waals surface area contributed by atoms with E-state index in [1.807, 2.05) is 0 Å². The van der Waals surface area contributed by atoms with E-state index in [0.717, 1.165) is 19.3 Å². The monoisotopic (exact) mass is 492 g/mol. The zero-order chi connectivity index (χ0) is 25.3. The van der Waals surface area contributed by atoms with Crippen molar-refractivity contribution in [3.8, 4) is 0 Å². The number of rotatable bonds is 7. The molecule has 0 spiro atoms. The molecular formula is C28H44O7. The number of allylic oxidation sites excluding steroid dienone is 4. The summed E-state index contributed by atoms with van der Waals surface area (Å²) in [5, 5.41) is 21.1. The van der Waals surface area contributed by atoms with Crippen molar-refractivity contribution in [2.24, 2.45) is 29.6 Å². The van der Waals surface area contributed by atoms with Crippen LogP contribution in [0.25, 0.3) is 0 Å². The van der Waals surface area contributed by atoms with Crippen LogP contribution in [0.1, 0.15) is 73.1 Å². The first kappa shape index (κ1) is 26.8. The molecule has 2 heterocycles. The van der Waals surface area contributed by atoms with E-state index in [2.05, 4.69) is 39.8 Å². The Hall–Kier alpha value is -1.25. The smallest absolute Gasteiger partial charge is 0.303 e. The van der Waals surface area contributed by atoms with Gasteiger partial charge >= 0.3 is 5.97 Å². The molecule has 35 heavy (non-hydrogen) atoms. The molecule has 11 atom stereocenters. The Labute approximate surface area is 209 Å². The minimum Gasteiger partial charge on any atom is -0.457 e. The van der Waals surface area contributed by atoms with Crippen molar-refractivity contribution in [2.75, 3.05) is 6.61 Å². The van der Waals surface area contributed by atoms with E-state index in [9.17, 15) is 15.0 Å². The molecule has 4 unspecified atom stereocenters.